The third-order valence-electron chi connectivity index (χ3n) is 2.54. The van der Waals surface area contributed by atoms with Crippen LogP contribution in [0.4, 0.5) is 10.1 Å². The van der Waals surface area contributed by atoms with Gasteiger partial charge in [-0.3, -0.25) is 4.79 Å². The van der Waals surface area contributed by atoms with Crippen molar-refractivity contribution in [3.05, 3.63) is 57.8 Å². The maximum Gasteiger partial charge on any atom is 0.256 e. The molecule has 0 aromatic heterocycles. The Hall–Kier alpha value is -1.84. The summed E-state index contributed by atoms with van der Waals surface area (Å²) in [7, 11) is 0. The number of nitrogens with one attached hydrogen (secondary N) is 1. The molecule has 0 radical (unpaired) electrons. The monoisotopic (exact) mass is 350 g/mol. The molecule has 2 aromatic rings. The maximum absolute atomic E-state index is 13.7. The molecule has 0 atom stereocenters. The van der Waals surface area contributed by atoms with Crippen molar-refractivity contribution in [3.8, 4) is 6.07 Å². The highest BCUT2D eigenvalue weighted by atomic mass is 79.9. The van der Waals surface area contributed by atoms with Crippen molar-refractivity contribution >= 4 is 40.2 Å². The molecule has 0 saturated heterocycles. The zero-order valence-corrected chi connectivity index (χ0v) is 12.5. The molecule has 1 amide bonds. The Bertz CT molecular complexity index is 728. The number of carbonyl (C=O) groups is 1. The third-order valence-corrected chi connectivity index (χ3v) is 3.51. The number of nitrogens with zero attached hydrogens (tertiary/aromatic N) is 1. The largest absolute Gasteiger partial charge is 0.319 e. The molecule has 2 rings (SSSR count). The fraction of sp³-hybridized carbons (Fsp3) is 0. The van der Waals surface area contributed by atoms with E-state index < -0.39 is 11.7 Å². The second-order valence-electron chi connectivity index (χ2n) is 3.92. The van der Waals surface area contributed by atoms with E-state index in [1.165, 1.54) is 12.1 Å². The number of nitriles is 1. The highest BCUT2D eigenvalue weighted by molar-refractivity contribution is 9.10. The Morgan fingerprint density at radius 3 is 2.70 bits per heavy atom. The Labute approximate surface area is 129 Å². The van der Waals surface area contributed by atoms with Gasteiger partial charge < -0.3 is 5.32 Å². The molecule has 0 unspecified atom stereocenters. The Morgan fingerprint density at radius 2 is 2.05 bits per heavy atom. The van der Waals surface area contributed by atoms with Crippen LogP contribution in [-0.4, -0.2) is 5.91 Å². The zero-order chi connectivity index (χ0) is 14.7. The van der Waals surface area contributed by atoms with Crippen LogP contribution in [0.5, 0.6) is 0 Å². The number of carbonyl (C=O) groups excluding carboxylic acids is 1. The molecule has 0 saturated carbocycles. The van der Waals surface area contributed by atoms with Crippen LogP contribution < -0.4 is 5.32 Å². The van der Waals surface area contributed by atoms with E-state index in [0.29, 0.717) is 14.9 Å². The van der Waals surface area contributed by atoms with E-state index in [4.69, 9.17) is 5.26 Å². The minimum atomic E-state index is -0.657. The van der Waals surface area contributed by atoms with Gasteiger partial charge >= 0.3 is 0 Å². The first-order chi connectivity index (χ1) is 9.51. The highest BCUT2D eigenvalue weighted by Gasteiger charge is 2.13. The summed E-state index contributed by atoms with van der Waals surface area (Å²) in [5.74, 6) is -1.12. The molecule has 0 aliphatic rings. The summed E-state index contributed by atoms with van der Waals surface area (Å²) in [6.07, 6.45) is 0. The fourth-order valence-electron chi connectivity index (χ4n) is 1.56. The lowest BCUT2D eigenvalue weighted by atomic mass is 10.2. The van der Waals surface area contributed by atoms with Crippen molar-refractivity contribution in [1.82, 2.24) is 0 Å². The van der Waals surface area contributed by atoms with Crippen LogP contribution in [0.1, 0.15) is 15.9 Å². The van der Waals surface area contributed by atoms with Crippen molar-refractivity contribution in [2.75, 3.05) is 5.32 Å². The first-order valence-corrected chi connectivity index (χ1v) is 6.75. The molecule has 3 nitrogen and oxygen atoms in total. The molecule has 1 N–H and O–H groups in total. The van der Waals surface area contributed by atoms with Gasteiger partial charge in [0.2, 0.25) is 0 Å². The number of halogens is 2. The number of rotatable bonds is 2. The number of benzene rings is 2. The maximum atomic E-state index is 13.7. The molecule has 0 spiro atoms. The Morgan fingerprint density at radius 1 is 1.30 bits per heavy atom. The summed E-state index contributed by atoms with van der Waals surface area (Å²) in [5, 5.41) is 11.1. The average molecular weight is 351 g/mol. The normalized spacial score (nSPS) is 9.90. The van der Waals surface area contributed by atoms with Gasteiger partial charge in [-0.1, -0.05) is 0 Å². The first kappa shape index (κ1) is 14.6. The molecular formula is C14H8BrFN2OS. The third kappa shape index (κ3) is 3.18. The van der Waals surface area contributed by atoms with Crippen molar-refractivity contribution in [3.63, 3.8) is 0 Å². The minimum absolute atomic E-state index is 0.0190. The first-order valence-electron chi connectivity index (χ1n) is 5.51. The molecule has 20 heavy (non-hydrogen) atoms. The Balaban J connectivity index is 2.28. The van der Waals surface area contributed by atoms with Gasteiger partial charge in [0, 0.05) is 9.37 Å². The lowest BCUT2D eigenvalue weighted by molar-refractivity contribution is 0.102. The lowest BCUT2D eigenvalue weighted by Crippen LogP contribution is -2.13. The summed E-state index contributed by atoms with van der Waals surface area (Å²) in [4.78, 5) is 12.7. The van der Waals surface area contributed by atoms with Gasteiger partial charge in [0.25, 0.3) is 5.91 Å². The second-order valence-corrected chi connectivity index (χ2v) is 5.30. The number of thiol groups is 1. The SMILES string of the molecule is N#Cc1ccc(NC(=O)c2cc(S)ccc2Br)c(F)c1. The molecule has 0 aliphatic heterocycles. The van der Waals surface area contributed by atoms with E-state index >= 15 is 0 Å². The van der Waals surface area contributed by atoms with E-state index in [1.807, 2.05) is 6.07 Å². The molecule has 0 aliphatic carbocycles. The quantitative estimate of drug-likeness (QED) is 0.804. The summed E-state index contributed by atoms with van der Waals surface area (Å²) < 4.78 is 14.3. The molecule has 2 aromatic carbocycles. The van der Waals surface area contributed by atoms with Gasteiger partial charge in [-0.15, -0.1) is 12.6 Å². The highest BCUT2D eigenvalue weighted by Crippen LogP contribution is 2.22. The van der Waals surface area contributed by atoms with Gasteiger partial charge in [0.1, 0.15) is 5.82 Å². The van der Waals surface area contributed by atoms with Gasteiger partial charge in [-0.25, -0.2) is 4.39 Å². The van der Waals surface area contributed by atoms with Crippen LogP contribution in [0.3, 0.4) is 0 Å². The van der Waals surface area contributed by atoms with Crippen LogP contribution >= 0.6 is 28.6 Å². The topological polar surface area (TPSA) is 52.9 Å². The summed E-state index contributed by atoms with van der Waals surface area (Å²) in [5.41, 5.74) is 0.561. The summed E-state index contributed by atoms with van der Waals surface area (Å²) >= 11 is 7.41. The van der Waals surface area contributed by atoms with Crippen LogP contribution in [0.25, 0.3) is 0 Å². The van der Waals surface area contributed by atoms with E-state index in [0.717, 1.165) is 6.07 Å². The van der Waals surface area contributed by atoms with Crippen LogP contribution in [0.2, 0.25) is 0 Å². The lowest BCUT2D eigenvalue weighted by Gasteiger charge is -2.08. The number of anilines is 1. The zero-order valence-electron chi connectivity index (χ0n) is 10.0. The molecule has 100 valence electrons. The smallest absolute Gasteiger partial charge is 0.256 e. The van der Waals surface area contributed by atoms with Gasteiger partial charge in [0.05, 0.1) is 22.9 Å². The van der Waals surface area contributed by atoms with Crippen molar-refractivity contribution in [2.24, 2.45) is 0 Å². The number of hydrogen-bond donors (Lipinski definition) is 2. The molecular weight excluding hydrogens is 343 g/mol. The summed E-state index contributed by atoms with van der Waals surface area (Å²) in [6.45, 7) is 0. The van der Waals surface area contributed by atoms with E-state index in [2.05, 4.69) is 33.9 Å². The minimum Gasteiger partial charge on any atom is -0.319 e. The molecule has 0 heterocycles. The van der Waals surface area contributed by atoms with Gasteiger partial charge in [-0.05, 0) is 52.3 Å². The molecule has 0 fully saturated rings. The second kappa shape index (κ2) is 6.07. The van der Waals surface area contributed by atoms with Crippen LogP contribution in [0.15, 0.2) is 45.8 Å². The summed E-state index contributed by atoms with van der Waals surface area (Å²) in [6, 6.07) is 10.7. The predicted octanol–water partition coefficient (Wildman–Crippen LogP) is 4.00. The van der Waals surface area contributed by atoms with E-state index in [-0.39, 0.29) is 11.3 Å². The Kier molecular flexibility index (Phi) is 4.42. The average Bonchev–Trinajstić information content (AvgIpc) is 2.43. The van der Waals surface area contributed by atoms with Crippen LogP contribution in [-0.2, 0) is 0 Å². The predicted molar refractivity (Wildman–Crippen MR) is 80.5 cm³/mol. The van der Waals surface area contributed by atoms with Crippen molar-refractivity contribution in [1.29, 1.82) is 5.26 Å². The number of hydrogen-bond acceptors (Lipinski definition) is 3. The van der Waals surface area contributed by atoms with Crippen molar-refractivity contribution < 1.29 is 9.18 Å². The van der Waals surface area contributed by atoms with Gasteiger partial charge in [0.15, 0.2) is 0 Å². The van der Waals surface area contributed by atoms with E-state index in [9.17, 15) is 9.18 Å². The fourth-order valence-corrected chi connectivity index (χ4v) is 2.19. The standard InChI is InChI=1S/C14H8BrFN2OS/c15-11-3-2-9(20)6-10(11)14(19)18-13-4-1-8(7-17)5-12(13)16/h1-6,20H,(H,18,19). The number of amides is 1. The van der Waals surface area contributed by atoms with Crippen LogP contribution in [0, 0.1) is 17.1 Å². The van der Waals surface area contributed by atoms with E-state index in [1.54, 1.807) is 18.2 Å². The molecule has 6 heteroatoms. The molecule has 0 bridgehead atoms. The van der Waals surface area contributed by atoms with Crippen molar-refractivity contribution in [2.45, 2.75) is 4.90 Å². The van der Waals surface area contributed by atoms with Gasteiger partial charge in [-0.2, -0.15) is 5.26 Å².